The Balaban J connectivity index is 0.00000150. The van der Waals surface area contributed by atoms with Gasteiger partial charge in [-0.25, -0.2) is 18.3 Å². The monoisotopic (exact) mass is 836 g/mol. The van der Waals surface area contributed by atoms with Crippen LogP contribution in [0.3, 0.4) is 0 Å². The fourth-order valence-electron chi connectivity index (χ4n) is 10.9. The number of nitrogens with zero attached hydrogens (tertiary/aromatic N) is 4. The topological polar surface area (TPSA) is 63.6 Å². The predicted octanol–water partition coefficient (Wildman–Crippen LogP) is -9.52. The van der Waals surface area contributed by atoms with E-state index in [0.29, 0.717) is 24.2 Å². The Morgan fingerprint density at radius 3 is 0.804 bits per heavy atom. The first-order valence-corrected chi connectivity index (χ1v) is 19.6. The average Bonchev–Trinajstić information content (AvgIpc) is 3.99. The number of nitrogens with one attached hydrogen (secondary N) is 4. The van der Waals surface area contributed by atoms with Gasteiger partial charge < -0.3 is 70.9 Å². The largest absolute Gasteiger partial charge is 1.00 e. The lowest BCUT2D eigenvalue weighted by atomic mass is 9.85. The molecule has 0 aromatic carbocycles. The summed E-state index contributed by atoms with van der Waals surface area (Å²) in [6, 6.07) is 29.1. The van der Waals surface area contributed by atoms with Gasteiger partial charge in [0.25, 0.3) is 0 Å². The number of hydrogen-bond donors (Lipinski definition) is 4. The van der Waals surface area contributed by atoms with Gasteiger partial charge in [0, 0.05) is 96.9 Å². The summed E-state index contributed by atoms with van der Waals surface area (Å²) in [6.07, 6.45) is 23.4. The van der Waals surface area contributed by atoms with Crippen LogP contribution in [-0.2, 0) is 28.2 Å². The van der Waals surface area contributed by atoms with E-state index in [4.69, 9.17) is 0 Å². The molecular weight excluding hydrogens is 782 g/mol. The second kappa shape index (κ2) is 18.8. The highest BCUT2D eigenvalue weighted by atomic mass is 35.5. The molecule has 5 aliphatic heterocycles. The van der Waals surface area contributed by atoms with Gasteiger partial charge in [-0.1, -0.05) is 48.6 Å². The summed E-state index contributed by atoms with van der Waals surface area (Å²) >= 11 is 0. The summed E-state index contributed by atoms with van der Waals surface area (Å²) in [6.45, 7) is 0. The Kier molecular flexibility index (Phi) is 14.8. The average molecular weight is 839 g/mol. The molecule has 9 heterocycles. The van der Waals surface area contributed by atoms with Crippen molar-refractivity contribution in [1.82, 2.24) is 21.3 Å². The van der Waals surface area contributed by atoms with Gasteiger partial charge in [-0.3, -0.25) is 0 Å². The number of halogens is 4. The minimum atomic E-state index is 0. The van der Waals surface area contributed by atoms with E-state index in [-0.39, 0.29) is 97.5 Å². The van der Waals surface area contributed by atoms with Crippen molar-refractivity contribution in [2.45, 2.75) is 97.7 Å². The fourth-order valence-corrected chi connectivity index (χ4v) is 10.9. The Morgan fingerprint density at radius 2 is 0.589 bits per heavy atom. The van der Waals surface area contributed by atoms with E-state index in [1.807, 2.05) is 0 Å². The molecule has 12 atom stereocenters. The lowest BCUT2D eigenvalue weighted by molar-refractivity contribution is -0.681. The minimum Gasteiger partial charge on any atom is -1.00 e. The molecule has 12 unspecified atom stereocenters. The third-order valence-electron chi connectivity index (χ3n) is 13.3. The Hall–Kier alpha value is -2.92. The molecule has 3 fully saturated rings. The van der Waals surface area contributed by atoms with E-state index in [2.05, 4.69) is 190 Å². The molecule has 4 aromatic rings. The zero-order valence-corrected chi connectivity index (χ0v) is 35.6. The van der Waals surface area contributed by atoms with E-state index >= 15 is 0 Å². The first kappa shape index (κ1) is 44.2. The fraction of sp³-hybridized carbons (Fsp3) is 0.455. The molecule has 8 bridgehead atoms. The van der Waals surface area contributed by atoms with Crippen molar-refractivity contribution in [3.63, 3.8) is 0 Å². The van der Waals surface area contributed by atoms with Crippen molar-refractivity contribution in [2.24, 2.45) is 28.2 Å². The molecule has 12 heteroatoms. The van der Waals surface area contributed by atoms with Gasteiger partial charge in [-0.05, 0) is 25.7 Å². The van der Waals surface area contributed by atoms with E-state index < -0.39 is 0 Å². The highest BCUT2D eigenvalue weighted by Gasteiger charge is 2.51. The quantitative estimate of drug-likeness (QED) is 0.122. The van der Waals surface area contributed by atoms with Gasteiger partial charge >= 0.3 is 0 Å². The number of aromatic nitrogens is 4. The van der Waals surface area contributed by atoms with Crippen molar-refractivity contribution in [2.75, 3.05) is 0 Å². The van der Waals surface area contributed by atoms with E-state index in [9.17, 15) is 0 Å². The Labute approximate surface area is 357 Å². The maximum atomic E-state index is 4.33. The maximum Gasteiger partial charge on any atom is 0.187 e. The third-order valence-corrected chi connectivity index (χ3v) is 13.3. The van der Waals surface area contributed by atoms with Gasteiger partial charge in [-0.2, -0.15) is 0 Å². The predicted molar refractivity (Wildman–Crippen MR) is 201 cm³/mol. The first-order chi connectivity index (χ1) is 25.4. The van der Waals surface area contributed by atoms with Crippen molar-refractivity contribution >= 4 is 0 Å². The van der Waals surface area contributed by atoms with Crippen LogP contribution >= 0.6 is 0 Å². The van der Waals surface area contributed by atoms with Crippen LogP contribution in [0.5, 0.6) is 0 Å². The van der Waals surface area contributed by atoms with Crippen LogP contribution in [-0.4, -0.2) is 48.3 Å². The van der Waals surface area contributed by atoms with E-state index in [1.165, 1.54) is 22.8 Å². The van der Waals surface area contributed by atoms with Crippen LogP contribution in [0.1, 0.15) is 72.1 Å². The maximum absolute atomic E-state index is 4.33. The van der Waals surface area contributed by atoms with Crippen LogP contribution in [0.2, 0.25) is 0 Å². The summed E-state index contributed by atoms with van der Waals surface area (Å²) in [5.41, 5.74) is 5.52. The number of aryl methyl sites for hydroxylation is 4. The number of rotatable bonds is 4. The summed E-state index contributed by atoms with van der Waals surface area (Å²) in [7, 11) is 8.87. The zero-order valence-electron chi connectivity index (χ0n) is 32.6. The molecular formula is C44H56Cl4N8. The molecule has 56 heavy (non-hydrogen) atoms. The zero-order chi connectivity index (χ0) is 35.3. The highest BCUT2D eigenvalue weighted by Crippen LogP contribution is 2.42. The molecule has 8 nitrogen and oxygen atoms in total. The van der Waals surface area contributed by atoms with Gasteiger partial charge in [0.15, 0.2) is 47.6 Å². The molecule has 0 amide bonds. The third kappa shape index (κ3) is 8.19. The summed E-state index contributed by atoms with van der Waals surface area (Å²) < 4.78 is 9.40. The van der Waals surface area contributed by atoms with Crippen LogP contribution in [0.25, 0.3) is 0 Å². The van der Waals surface area contributed by atoms with Crippen LogP contribution in [0, 0.1) is 0 Å². The van der Waals surface area contributed by atoms with Gasteiger partial charge in [0.2, 0.25) is 0 Å². The molecule has 9 rings (SSSR count). The van der Waals surface area contributed by atoms with Crippen LogP contribution in [0.15, 0.2) is 122 Å². The molecule has 300 valence electrons. The molecule has 4 aromatic heterocycles. The van der Waals surface area contributed by atoms with Gasteiger partial charge in [-0.15, -0.1) is 0 Å². The lowest BCUT2D eigenvalue weighted by Gasteiger charge is -2.35. The Morgan fingerprint density at radius 1 is 0.357 bits per heavy atom. The van der Waals surface area contributed by atoms with Crippen molar-refractivity contribution in [3.8, 4) is 0 Å². The van der Waals surface area contributed by atoms with Crippen molar-refractivity contribution in [3.05, 3.63) is 145 Å². The molecule has 0 spiro atoms. The van der Waals surface area contributed by atoms with Crippen LogP contribution < -0.4 is 89.2 Å². The molecule has 0 radical (unpaired) electrons. The number of hydrogen-bond acceptors (Lipinski definition) is 4. The standard InChI is InChI=1S/C44H56N8.4ClH/c1-49-25-9-5-13-37(49)41-29-17-19-31(45-29)42(38-14-6-10-26-50(38)2)33-21-23-35(47-33)44(40-16-8-12-28-52(40)4)36-24-22-34(48-36)43(32-20-18-30(41)46-32)39-15-7-11-27-51(39)3;;;;/h5-17,19,22,24-36,41-48H,18,20-21,23H2,1-4H3;4*1H/q+4;;;;/p-4. The Bertz CT molecular complexity index is 1720. The normalized spacial score (nSPS) is 32.8. The second-order valence-corrected chi connectivity index (χ2v) is 16.2. The molecule has 5 aliphatic rings. The minimum absolute atomic E-state index is 0. The molecule has 3 saturated heterocycles. The van der Waals surface area contributed by atoms with E-state index in [0.717, 1.165) is 25.7 Å². The van der Waals surface area contributed by atoms with E-state index in [1.54, 1.807) is 0 Å². The van der Waals surface area contributed by atoms with Crippen molar-refractivity contribution in [1.29, 1.82) is 0 Å². The highest BCUT2D eigenvalue weighted by molar-refractivity contribution is 5.31. The smallest absolute Gasteiger partial charge is 0.187 e. The van der Waals surface area contributed by atoms with Crippen molar-refractivity contribution < 1.29 is 67.9 Å². The number of pyridine rings is 4. The second-order valence-electron chi connectivity index (χ2n) is 16.2. The van der Waals surface area contributed by atoms with Gasteiger partial charge in [0.1, 0.15) is 28.2 Å². The molecule has 0 saturated carbocycles. The summed E-state index contributed by atoms with van der Waals surface area (Å²) in [5, 5.41) is 17.2. The SMILES string of the molecule is C[n+]1ccccc1C1C2C=CC(N2)C(c2cccc[n+]2C)C2CCC(N2)C(c2cccc[n+]2C)C2C=CC(N2)C(c2cccc[n+]2C)C2CCC1N2.[Cl-].[Cl-].[Cl-].[Cl-]. The number of fused-ring (bicyclic) bond motifs is 8. The lowest BCUT2D eigenvalue weighted by Crippen LogP contribution is -3.00. The van der Waals surface area contributed by atoms with Gasteiger partial charge in [0.05, 0.1) is 23.7 Å². The molecule has 4 N–H and O–H groups in total. The summed E-state index contributed by atoms with van der Waals surface area (Å²) in [5.74, 6) is 1.14. The molecule has 0 aliphatic carbocycles. The summed E-state index contributed by atoms with van der Waals surface area (Å²) in [4.78, 5) is 0. The first-order valence-electron chi connectivity index (χ1n) is 19.6. The van der Waals surface area contributed by atoms with Crippen LogP contribution in [0.4, 0.5) is 0 Å².